The molecule has 4 amide bonds. The van der Waals surface area contributed by atoms with Crippen LogP contribution in [0.3, 0.4) is 0 Å². The quantitative estimate of drug-likeness (QED) is 0.551. The van der Waals surface area contributed by atoms with Gasteiger partial charge in [-0.3, -0.25) is 20.4 Å². The number of carbonyl (C=O) groups excluding carboxylic acids is 3. The molecule has 2 rings (SSSR count). The smallest absolute Gasteiger partial charge is 0.314 e. The highest BCUT2D eigenvalue weighted by molar-refractivity contribution is 8.00. The lowest BCUT2D eigenvalue weighted by Crippen LogP contribution is -2.51. The molecular weight excluding hydrogens is 335 g/mol. The number of primary amides is 1. The first kappa shape index (κ1) is 18.1. The summed E-state index contributed by atoms with van der Waals surface area (Å²) in [5, 5.41) is 0. The molecule has 9 heteroatoms. The minimum absolute atomic E-state index is 0.0285. The Bertz CT molecular complexity index is 628. The minimum Gasteiger partial charge on any atom is -0.351 e. The van der Waals surface area contributed by atoms with Gasteiger partial charge in [-0.05, 0) is 25.0 Å². The average molecular weight is 354 g/mol. The zero-order valence-corrected chi connectivity index (χ0v) is 13.8. The Morgan fingerprint density at radius 1 is 1.29 bits per heavy atom. The maximum atomic E-state index is 13.4. The van der Waals surface area contributed by atoms with Crippen LogP contribution >= 0.6 is 11.8 Å². The highest BCUT2D eigenvalue weighted by atomic mass is 32.2. The van der Waals surface area contributed by atoms with E-state index in [1.807, 2.05) is 0 Å². The van der Waals surface area contributed by atoms with Gasteiger partial charge in [-0.1, -0.05) is 12.1 Å². The number of carbonyl (C=O) groups is 3. The van der Waals surface area contributed by atoms with Crippen molar-refractivity contribution < 1.29 is 18.8 Å². The van der Waals surface area contributed by atoms with Crippen LogP contribution in [0.4, 0.5) is 9.18 Å². The summed E-state index contributed by atoms with van der Waals surface area (Å²) in [6.07, 6.45) is 1.30. The Kier molecular flexibility index (Phi) is 6.42. The molecule has 0 aromatic heterocycles. The number of hydrogen-bond donors (Lipinski definition) is 3. The first-order chi connectivity index (χ1) is 11.5. The van der Waals surface area contributed by atoms with E-state index in [0.29, 0.717) is 24.3 Å². The van der Waals surface area contributed by atoms with Crippen molar-refractivity contribution in [1.29, 1.82) is 0 Å². The third-order valence-corrected chi connectivity index (χ3v) is 4.67. The third kappa shape index (κ3) is 5.12. The van der Waals surface area contributed by atoms with Crippen molar-refractivity contribution in [2.45, 2.75) is 17.7 Å². The molecule has 1 aliphatic rings. The largest absolute Gasteiger partial charge is 0.351 e. The maximum absolute atomic E-state index is 13.4. The normalized spacial score (nSPS) is 17.2. The predicted octanol–water partition coefficient (Wildman–Crippen LogP) is 0.856. The van der Waals surface area contributed by atoms with E-state index >= 15 is 0 Å². The molecule has 1 fully saturated rings. The molecule has 0 unspecified atom stereocenters. The van der Waals surface area contributed by atoms with E-state index in [4.69, 9.17) is 5.73 Å². The van der Waals surface area contributed by atoms with Crippen LogP contribution in [0.15, 0.2) is 29.2 Å². The molecule has 0 aliphatic carbocycles. The Morgan fingerprint density at radius 3 is 2.75 bits per heavy atom. The fraction of sp³-hybridized carbons (Fsp3) is 0.400. The van der Waals surface area contributed by atoms with Gasteiger partial charge in [0.05, 0.1) is 11.7 Å². The molecule has 0 radical (unpaired) electrons. The van der Waals surface area contributed by atoms with E-state index < -0.39 is 23.7 Å². The van der Waals surface area contributed by atoms with Crippen molar-refractivity contribution in [3.63, 3.8) is 0 Å². The van der Waals surface area contributed by atoms with Gasteiger partial charge in [0.25, 0.3) is 0 Å². The molecule has 1 aliphatic heterocycles. The van der Waals surface area contributed by atoms with Gasteiger partial charge in [-0.2, -0.15) is 0 Å². The van der Waals surface area contributed by atoms with E-state index in [1.54, 1.807) is 18.2 Å². The zero-order chi connectivity index (χ0) is 17.5. The summed E-state index contributed by atoms with van der Waals surface area (Å²) in [5.74, 6) is -1.65. The fourth-order valence-electron chi connectivity index (χ4n) is 2.37. The summed E-state index contributed by atoms with van der Waals surface area (Å²) < 4.78 is 13.4. The number of halogens is 1. The number of nitrogens with two attached hydrogens (primary N) is 1. The van der Waals surface area contributed by atoms with Crippen LogP contribution in [-0.2, 0) is 9.59 Å². The van der Waals surface area contributed by atoms with E-state index in [0.717, 1.165) is 11.8 Å². The van der Waals surface area contributed by atoms with E-state index in [9.17, 15) is 18.8 Å². The zero-order valence-electron chi connectivity index (χ0n) is 13.0. The van der Waals surface area contributed by atoms with E-state index in [1.165, 1.54) is 11.0 Å². The molecule has 24 heavy (non-hydrogen) atoms. The Labute approximate surface area is 143 Å². The van der Waals surface area contributed by atoms with Gasteiger partial charge in [0.1, 0.15) is 5.82 Å². The van der Waals surface area contributed by atoms with Crippen LogP contribution < -0.4 is 16.6 Å². The van der Waals surface area contributed by atoms with Crippen molar-refractivity contribution >= 4 is 29.6 Å². The lowest BCUT2D eigenvalue weighted by atomic mass is 9.98. The van der Waals surface area contributed by atoms with Crippen LogP contribution in [-0.4, -0.2) is 41.6 Å². The number of hydrazine groups is 1. The lowest BCUT2D eigenvalue weighted by Gasteiger charge is -2.30. The summed E-state index contributed by atoms with van der Waals surface area (Å²) in [5.41, 5.74) is 9.85. The van der Waals surface area contributed by atoms with Crippen LogP contribution in [0.2, 0.25) is 0 Å². The number of piperidine rings is 1. The number of likely N-dealkylation sites (tertiary alicyclic amines) is 1. The summed E-state index contributed by atoms with van der Waals surface area (Å²) in [7, 11) is 0. The third-order valence-electron chi connectivity index (χ3n) is 3.62. The standard InChI is InChI=1S/C15H19FN4O3S/c16-11-5-1-2-6-12(11)24-9-13(21)18-19-14(22)10-4-3-7-20(8-10)15(17)23/h1-2,5-6,10H,3-4,7-9H2,(H2,17,23)(H,18,21)(H,19,22)/t10-/m1/s1. The molecule has 1 heterocycles. The predicted molar refractivity (Wildman–Crippen MR) is 87.3 cm³/mol. The SMILES string of the molecule is NC(=O)N1CCC[C@@H](C(=O)NNC(=O)CSc2ccccc2F)C1. The molecule has 1 aromatic rings. The van der Waals surface area contributed by atoms with Crippen molar-refractivity contribution in [2.75, 3.05) is 18.8 Å². The Morgan fingerprint density at radius 2 is 2.04 bits per heavy atom. The molecule has 4 N–H and O–H groups in total. The van der Waals surface area contributed by atoms with Gasteiger partial charge in [-0.15, -0.1) is 11.8 Å². The highest BCUT2D eigenvalue weighted by Crippen LogP contribution is 2.20. The summed E-state index contributed by atoms with van der Waals surface area (Å²) >= 11 is 1.04. The van der Waals surface area contributed by atoms with Crippen LogP contribution in [0.5, 0.6) is 0 Å². The van der Waals surface area contributed by atoms with Crippen molar-refractivity contribution in [2.24, 2.45) is 11.7 Å². The molecule has 1 aromatic carbocycles. The molecule has 130 valence electrons. The van der Waals surface area contributed by atoms with Gasteiger partial charge in [0.2, 0.25) is 11.8 Å². The number of thioether (sulfide) groups is 1. The number of amides is 4. The summed E-state index contributed by atoms with van der Waals surface area (Å²) in [4.78, 5) is 36.7. The van der Waals surface area contributed by atoms with Gasteiger partial charge >= 0.3 is 6.03 Å². The Hall–Kier alpha value is -2.29. The summed E-state index contributed by atoms with van der Waals surface area (Å²) in [6.45, 7) is 0.770. The van der Waals surface area contributed by atoms with Gasteiger partial charge in [-0.25, -0.2) is 9.18 Å². The maximum Gasteiger partial charge on any atom is 0.314 e. The van der Waals surface area contributed by atoms with Gasteiger partial charge in [0, 0.05) is 18.0 Å². The second-order valence-corrected chi connectivity index (χ2v) is 6.40. The number of nitrogens with zero attached hydrogens (tertiary/aromatic N) is 1. The monoisotopic (exact) mass is 354 g/mol. The fourth-order valence-corrected chi connectivity index (χ4v) is 3.11. The molecule has 0 saturated carbocycles. The second kappa shape index (κ2) is 8.53. The molecule has 7 nitrogen and oxygen atoms in total. The highest BCUT2D eigenvalue weighted by Gasteiger charge is 2.27. The first-order valence-electron chi connectivity index (χ1n) is 7.47. The van der Waals surface area contributed by atoms with Crippen LogP contribution in [0, 0.1) is 11.7 Å². The van der Waals surface area contributed by atoms with Crippen molar-refractivity contribution in [3.8, 4) is 0 Å². The Balaban J connectivity index is 1.74. The van der Waals surface area contributed by atoms with E-state index in [-0.39, 0.29) is 18.2 Å². The molecular formula is C15H19FN4O3S. The van der Waals surface area contributed by atoms with Crippen LogP contribution in [0.1, 0.15) is 12.8 Å². The number of hydrogen-bond acceptors (Lipinski definition) is 4. The molecule has 1 saturated heterocycles. The van der Waals surface area contributed by atoms with Gasteiger partial charge in [0.15, 0.2) is 0 Å². The average Bonchev–Trinajstić information content (AvgIpc) is 2.59. The number of benzene rings is 1. The minimum atomic E-state index is -0.558. The summed E-state index contributed by atoms with van der Waals surface area (Å²) in [6, 6.07) is 5.58. The van der Waals surface area contributed by atoms with Gasteiger partial charge < -0.3 is 10.6 Å². The number of rotatable bonds is 4. The molecule has 0 bridgehead atoms. The van der Waals surface area contributed by atoms with Crippen molar-refractivity contribution in [1.82, 2.24) is 15.8 Å². The molecule has 0 spiro atoms. The topological polar surface area (TPSA) is 105 Å². The second-order valence-electron chi connectivity index (χ2n) is 5.38. The van der Waals surface area contributed by atoms with Crippen molar-refractivity contribution in [3.05, 3.63) is 30.1 Å². The lowest BCUT2D eigenvalue weighted by molar-refractivity contribution is -0.131. The number of urea groups is 1. The van der Waals surface area contributed by atoms with Crippen LogP contribution in [0.25, 0.3) is 0 Å². The number of nitrogens with one attached hydrogen (secondary N) is 2. The first-order valence-corrected chi connectivity index (χ1v) is 8.46. The van der Waals surface area contributed by atoms with E-state index in [2.05, 4.69) is 10.9 Å². The molecule has 1 atom stereocenters.